The minimum Gasteiger partial charge on any atom is -0.325 e. The molecule has 0 spiro atoms. The van der Waals surface area contributed by atoms with Crippen molar-refractivity contribution in [3.8, 4) is 0 Å². The van der Waals surface area contributed by atoms with Crippen molar-refractivity contribution in [2.75, 3.05) is 18.4 Å². The van der Waals surface area contributed by atoms with E-state index in [0.717, 1.165) is 0 Å². The van der Waals surface area contributed by atoms with Gasteiger partial charge >= 0.3 is 6.18 Å². The van der Waals surface area contributed by atoms with Crippen LogP contribution in [0.3, 0.4) is 0 Å². The average molecular weight is 305 g/mol. The maximum absolute atomic E-state index is 11.9. The topological polar surface area (TPSA) is 84.3 Å². The molecule has 0 unspecified atom stereocenters. The van der Waals surface area contributed by atoms with Crippen molar-refractivity contribution in [1.29, 1.82) is 0 Å². The van der Waals surface area contributed by atoms with Gasteiger partial charge in [0, 0.05) is 17.3 Å². The third-order valence-electron chi connectivity index (χ3n) is 2.62. The van der Waals surface area contributed by atoms with Crippen molar-refractivity contribution in [2.45, 2.75) is 20.0 Å². The lowest BCUT2D eigenvalue weighted by molar-refractivity contribution is -0.385. The molecule has 21 heavy (non-hydrogen) atoms. The van der Waals surface area contributed by atoms with Crippen LogP contribution in [0.1, 0.15) is 11.1 Å². The first kappa shape index (κ1) is 16.9. The van der Waals surface area contributed by atoms with Crippen LogP contribution in [0, 0.1) is 24.0 Å². The molecular formula is C12H14F3N3O3. The third-order valence-corrected chi connectivity index (χ3v) is 2.62. The van der Waals surface area contributed by atoms with Gasteiger partial charge in [0.05, 0.1) is 18.0 Å². The van der Waals surface area contributed by atoms with Crippen molar-refractivity contribution >= 4 is 17.3 Å². The second-order valence-corrected chi connectivity index (χ2v) is 4.48. The summed E-state index contributed by atoms with van der Waals surface area (Å²) in [5.41, 5.74) is 1.05. The molecule has 0 aromatic heterocycles. The van der Waals surface area contributed by atoms with Crippen LogP contribution in [0.15, 0.2) is 12.1 Å². The zero-order valence-corrected chi connectivity index (χ0v) is 11.4. The minimum absolute atomic E-state index is 0.0827. The number of nitrogens with one attached hydrogen (secondary N) is 2. The van der Waals surface area contributed by atoms with Crippen LogP contribution in [0.25, 0.3) is 0 Å². The highest BCUT2D eigenvalue weighted by Gasteiger charge is 2.26. The molecule has 6 nitrogen and oxygen atoms in total. The smallest absolute Gasteiger partial charge is 0.325 e. The quantitative estimate of drug-likeness (QED) is 0.646. The Morgan fingerprint density at radius 3 is 2.43 bits per heavy atom. The number of alkyl halides is 3. The molecule has 1 amide bonds. The average Bonchev–Trinajstić information content (AvgIpc) is 2.31. The number of halogens is 3. The number of rotatable bonds is 5. The van der Waals surface area contributed by atoms with E-state index in [9.17, 15) is 28.1 Å². The van der Waals surface area contributed by atoms with E-state index in [1.807, 2.05) is 5.32 Å². The van der Waals surface area contributed by atoms with Gasteiger partial charge in [-0.05, 0) is 25.5 Å². The number of carbonyl (C=O) groups is 1. The number of hydrogen-bond donors (Lipinski definition) is 2. The fourth-order valence-corrected chi connectivity index (χ4v) is 1.64. The summed E-state index contributed by atoms with van der Waals surface area (Å²) in [5, 5.41) is 15.1. The first-order valence-electron chi connectivity index (χ1n) is 5.93. The summed E-state index contributed by atoms with van der Waals surface area (Å²) in [6.45, 7) is 1.30. The molecule has 1 aromatic carbocycles. The summed E-state index contributed by atoms with van der Waals surface area (Å²) in [7, 11) is 0. The summed E-state index contributed by atoms with van der Waals surface area (Å²) in [5.74, 6) is -0.657. The number of nitro benzene ring substituents is 1. The highest BCUT2D eigenvalue weighted by molar-refractivity contribution is 5.93. The highest BCUT2D eigenvalue weighted by Crippen LogP contribution is 2.25. The lowest BCUT2D eigenvalue weighted by atomic mass is 10.1. The first-order valence-corrected chi connectivity index (χ1v) is 5.93. The van der Waals surface area contributed by atoms with Crippen LogP contribution in [0.5, 0.6) is 0 Å². The van der Waals surface area contributed by atoms with Gasteiger partial charge in [-0.3, -0.25) is 14.9 Å². The van der Waals surface area contributed by atoms with E-state index in [1.54, 1.807) is 6.92 Å². The van der Waals surface area contributed by atoms with Crippen LogP contribution in [-0.4, -0.2) is 30.1 Å². The molecule has 0 radical (unpaired) electrons. The number of amides is 1. The van der Waals surface area contributed by atoms with Gasteiger partial charge in [0.2, 0.25) is 5.91 Å². The lowest BCUT2D eigenvalue weighted by Crippen LogP contribution is -2.35. The van der Waals surface area contributed by atoms with Crippen molar-refractivity contribution < 1.29 is 22.9 Å². The Kier molecular flexibility index (Phi) is 5.25. The molecular weight excluding hydrogens is 291 g/mol. The van der Waals surface area contributed by atoms with Crippen LogP contribution in [0.2, 0.25) is 0 Å². The van der Waals surface area contributed by atoms with E-state index in [4.69, 9.17) is 0 Å². The van der Waals surface area contributed by atoms with E-state index in [-0.39, 0.29) is 5.69 Å². The Hall–Kier alpha value is -2.16. The molecule has 1 rings (SSSR count). The van der Waals surface area contributed by atoms with Gasteiger partial charge in [-0.25, -0.2) is 0 Å². The maximum Gasteiger partial charge on any atom is 0.401 e. The predicted molar refractivity (Wildman–Crippen MR) is 70.1 cm³/mol. The molecule has 0 aliphatic heterocycles. The number of aryl methyl sites for hydroxylation is 2. The number of nitro groups is 1. The largest absolute Gasteiger partial charge is 0.401 e. The van der Waals surface area contributed by atoms with Crippen molar-refractivity contribution in [2.24, 2.45) is 0 Å². The van der Waals surface area contributed by atoms with Crippen molar-refractivity contribution in [3.63, 3.8) is 0 Å². The van der Waals surface area contributed by atoms with Gasteiger partial charge in [0.15, 0.2) is 0 Å². The maximum atomic E-state index is 11.9. The van der Waals surface area contributed by atoms with E-state index < -0.39 is 30.1 Å². The van der Waals surface area contributed by atoms with Gasteiger partial charge in [0.25, 0.3) is 5.69 Å². The fourth-order valence-electron chi connectivity index (χ4n) is 1.64. The summed E-state index contributed by atoms with van der Waals surface area (Å²) in [4.78, 5) is 21.7. The molecule has 9 heteroatoms. The van der Waals surface area contributed by atoms with Crippen molar-refractivity contribution in [3.05, 3.63) is 33.4 Å². The van der Waals surface area contributed by atoms with Gasteiger partial charge in [0.1, 0.15) is 0 Å². The molecule has 0 heterocycles. The number of carbonyl (C=O) groups excluding carboxylic acids is 1. The molecule has 0 atom stereocenters. The zero-order chi connectivity index (χ0) is 16.2. The Morgan fingerprint density at radius 2 is 1.90 bits per heavy atom. The molecule has 2 N–H and O–H groups in total. The van der Waals surface area contributed by atoms with Crippen LogP contribution in [0.4, 0.5) is 24.5 Å². The van der Waals surface area contributed by atoms with E-state index in [0.29, 0.717) is 16.8 Å². The van der Waals surface area contributed by atoms with E-state index >= 15 is 0 Å². The van der Waals surface area contributed by atoms with Crippen LogP contribution in [-0.2, 0) is 4.79 Å². The molecule has 0 fully saturated rings. The summed E-state index contributed by atoms with van der Waals surface area (Å²) < 4.78 is 35.7. The van der Waals surface area contributed by atoms with Gasteiger partial charge < -0.3 is 10.6 Å². The molecule has 116 valence electrons. The molecule has 0 saturated carbocycles. The van der Waals surface area contributed by atoms with Crippen molar-refractivity contribution in [1.82, 2.24) is 5.32 Å². The summed E-state index contributed by atoms with van der Waals surface area (Å²) in [6.07, 6.45) is -4.39. The van der Waals surface area contributed by atoms with Crippen LogP contribution < -0.4 is 10.6 Å². The third kappa shape index (κ3) is 5.38. The highest BCUT2D eigenvalue weighted by atomic mass is 19.4. The number of benzene rings is 1. The summed E-state index contributed by atoms with van der Waals surface area (Å²) in [6, 6.07) is 2.71. The Balaban J connectivity index is 2.69. The number of anilines is 1. The number of hydrogen-bond acceptors (Lipinski definition) is 4. The second kappa shape index (κ2) is 6.53. The molecule has 0 aliphatic rings. The van der Waals surface area contributed by atoms with Gasteiger partial charge in [-0.2, -0.15) is 13.2 Å². The monoisotopic (exact) mass is 305 g/mol. The van der Waals surface area contributed by atoms with Gasteiger partial charge in [-0.15, -0.1) is 0 Å². The molecule has 0 bridgehead atoms. The number of nitrogens with zero attached hydrogens (tertiary/aromatic N) is 1. The van der Waals surface area contributed by atoms with Gasteiger partial charge in [-0.1, -0.05) is 0 Å². The lowest BCUT2D eigenvalue weighted by Gasteiger charge is -2.11. The van der Waals surface area contributed by atoms with E-state index in [2.05, 4.69) is 5.32 Å². The normalized spacial score (nSPS) is 11.3. The summed E-state index contributed by atoms with van der Waals surface area (Å²) >= 11 is 0. The Bertz CT molecular complexity index is 559. The molecule has 0 saturated heterocycles. The molecule has 0 aliphatic carbocycles. The van der Waals surface area contributed by atoms with E-state index in [1.165, 1.54) is 19.1 Å². The minimum atomic E-state index is -4.39. The second-order valence-electron chi connectivity index (χ2n) is 4.48. The SMILES string of the molecule is Cc1cc([N+](=O)[O-])c(C)cc1NC(=O)CNCC(F)(F)F. The molecule has 1 aromatic rings. The first-order chi connectivity index (χ1) is 9.60. The fraction of sp³-hybridized carbons (Fsp3) is 0.417. The Morgan fingerprint density at radius 1 is 1.29 bits per heavy atom. The Labute approximate surface area is 118 Å². The zero-order valence-electron chi connectivity index (χ0n) is 11.4. The predicted octanol–water partition coefficient (Wildman–Crippen LogP) is 2.30. The standard InChI is InChI=1S/C12H14F3N3O3/c1-7-4-10(18(20)21)8(2)3-9(7)17-11(19)5-16-6-12(13,14)15/h3-4,16H,5-6H2,1-2H3,(H,17,19). The van der Waals surface area contributed by atoms with Crippen LogP contribution >= 0.6 is 0 Å².